The van der Waals surface area contributed by atoms with E-state index in [2.05, 4.69) is 31.7 Å². The van der Waals surface area contributed by atoms with Crippen LogP contribution in [-0.2, 0) is 13.1 Å². The number of aryl methyl sites for hydroxylation is 1. The van der Waals surface area contributed by atoms with Crippen molar-refractivity contribution in [1.29, 1.82) is 0 Å². The molecular weight excluding hydrogens is 364 g/mol. The van der Waals surface area contributed by atoms with Crippen molar-refractivity contribution in [2.75, 3.05) is 6.54 Å². The lowest BCUT2D eigenvalue weighted by Crippen LogP contribution is -2.35. The van der Waals surface area contributed by atoms with Crippen molar-refractivity contribution in [3.8, 4) is 0 Å². The molecular formula is C15H17BrN4O3. The molecule has 0 fully saturated rings. The summed E-state index contributed by atoms with van der Waals surface area (Å²) in [4.78, 5) is 22.4. The van der Waals surface area contributed by atoms with Gasteiger partial charge in [-0.15, -0.1) is 0 Å². The molecule has 23 heavy (non-hydrogen) atoms. The number of hydrogen-bond acceptors (Lipinski definition) is 3. The number of aromatic nitrogens is 2. The van der Waals surface area contributed by atoms with Gasteiger partial charge in [-0.05, 0) is 40.0 Å². The molecule has 0 saturated carbocycles. The van der Waals surface area contributed by atoms with Crippen molar-refractivity contribution >= 4 is 27.9 Å². The topological polar surface area (TPSA) is 96.3 Å². The minimum atomic E-state index is -0.966. The van der Waals surface area contributed by atoms with Crippen molar-refractivity contribution in [3.05, 3.63) is 52.3 Å². The first kappa shape index (κ1) is 17.0. The van der Waals surface area contributed by atoms with Gasteiger partial charge in [-0.2, -0.15) is 5.10 Å². The summed E-state index contributed by atoms with van der Waals surface area (Å²) in [5.41, 5.74) is 1.06. The van der Waals surface area contributed by atoms with Gasteiger partial charge >= 0.3 is 12.0 Å². The van der Waals surface area contributed by atoms with Gasteiger partial charge in [0.15, 0.2) is 0 Å². The van der Waals surface area contributed by atoms with Crippen LogP contribution in [0.25, 0.3) is 0 Å². The predicted octanol–water partition coefficient (Wildman–Crippen LogP) is 2.23. The second-order valence-corrected chi connectivity index (χ2v) is 5.80. The molecule has 8 heteroatoms. The van der Waals surface area contributed by atoms with Gasteiger partial charge in [-0.3, -0.25) is 4.68 Å². The first-order chi connectivity index (χ1) is 11.0. The molecule has 1 heterocycles. The lowest BCUT2D eigenvalue weighted by atomic mass is 10.1. The maximum absolute atomic E-state index is 11.7. The van der Waals surface area contributed by atoms with Gasteiger partial charge in [-0.25, -0.2) is 9.59 Å². The van der Waals surface area contributed by atoms with Crippen molar-refractivity contribution < 1.29 is 14.7 Å². The minimum Gasteiger partial charge on any atom is -0.478 e. The number of carbonyl (C=O) groups is 2. The largest absolute Gasteiger partial charge is 0.478 e. The summed E-state index contributed by atoms with van der Waals surface area (Å²) in [6.45, 7) is 1.61. The number of nitrogens with zero attached hydrogens (tertiary/aromatic N) is 2. The summed E-state index contributed by atoms with van der Waals surface area (Å²) < 4.78 is 2.73. The lowest BCUT2D eigenvalue weighted by Gasteiger charge is -2.08. The van der Waals surface area contributed by atoms with Crippen LogP contribution < -0.4 is 10.6 Å². The highest BCUT2D eigenvalue weighted by Crippen LogP contribution is 2.06. The molecule has 3 N–H and O–H groups in total. The fraction of sp³-hybridized carbons (Fsp3) is 0.267. The predicted molar refractivity (Wildman–Crippen MR) is 88.2 cm³/mol. The summed E-state index contributed by atoms with van der Waals surface area (Å²) >= 11 is 3.32. The van der Waals surface area contributed by atoms with E-state index in [4.69, 9.17) is 5.11 Å². The van der Waals surface area contributed by atoms with Crippen LogP contribution in [0, 0.1) is 0 Å². The van der Waals surface area contributed by atoms with Crippen LogP contribution in [0.4, 0.5) is 4.79 Å². The van der Waals surface area contributed by atoms with Crippen LogP contribution >= 0.6 is 15.9 Å². The Morgan fingerprint density at radius 2 is 1.96 bits per heavy atom. The molecule has 2 aromatic rings. The van der Waals surface area contributed by atoms with Crippen molar-refractivity contribution in [1.82, 2.24) is 20.4 Å². The van der Waals surface area contributed by atoms with Crippen LogP contribution in [0.2, 0.25) is 0 Å². The highest BCUT2D eigenvalue weighted by atomic mass is 79.9. The number of urea groups is 1. The van der Waals surface area contributed by atoms with E-state index in [9.17, 15) is 9.59 Å². The summed E-state index contributed by atoms with van der Waals surface area (Å²) in [5.74, 6) is -0.966. The third-order valence-corrected chi connectivity index (χ3v) is 3.51. The highest BCUT2D eigenvalue weighted by molar-refractivity contribution is 9.10. The van der Waals surface area contributed by atoms with Crippen LogP contribution in [0.5, 0.6) is 0 Å². The molecule has 1 aromatic carbocycles. The van der Waals surface area contributed by atoms with E-state index in [1.807, 2.05) is 6.20 Å². The third-order valence-electron chi connectivity index (χ3n) is 3.11. The number of nitrogens with one attached hydrogen (secondary N) is 2. The fourth-order valence-electron chi connectivity index (χ4n) is 1.91. The molecule has 0 spiro atoms. The van der Waals surface area contributed by atoms with E-state index in [1.165, 1.54) is 12.1 Å². The molecule has 0 atom stereocenters. The van der Waals surface area contributed by atoms with Gasteiger partial charge in [0, 0.05) is 25.8 Å². The summed E-state index contributed by atoms with van der Waals surface area (Å²) in [5, 5.41) is 18.4. The monoisotopic (exact) mass is 380 g/mol. The second-order valence-electron chi connectivity index (χ2n) is 4.89. The zero-order valence-electron chi connectivity index (χ0n) is 12.3. The molecule has 2 amide bonds. The van der Waals surface area contributed by atoms with Crippen molar-refractivity contribution in [2.24, 2.45) is 0 Å². The average molecular weight is 381 g/mol. The number of amides is 2. The maximum atomic E-state index is 11.7. The van der Waals surface area contributed by atoms with Crippen LogP contribution in [0.1, 0.15) is 22.3 Å². The Labute approximate surface area is 141 Å². The quantitative estimate of drug-likeness (QED) is 0.641. The molecule has 7 nitrogen and oxygen atoms in total. The summed E-state index contributed by atoms with van der Waals surface area (Å²) in [7, 11) is 0. The van der Waals surface area contributed by atoms with E-state index in [-0.39, 0.29) is 11.6 Å². The number of carboxylic acids is 1. The number of benzene rings is 1. The normalized spacial score (nSPS) is 10.3. The Bertz CT molecular complexity index is 670. The Hall–Kier alpha value is -2.35. The molecule has 2 rings (SSSR count). The first-order valence-corrected chi connectivity index (χ1v) is 7.86. The number of carbonyl (C=O) groups excluding carboxylic acids is 1. The molecule has 0 aliphatic carbocycles. The number of halogens is 1. The molecule has 0 saturated heterocycles. The molecule has 122 valence electrons. The zero-order chi connectivity index (χ0) is 16.7. The average Bonchev–Trinajstić information content (AvgIpc) is 2.95. The Balaban J connectivity index is 1.63. The van der Waals surface area contributed by atoms with Gasteiger partial charge in [0.05, 0.1) is 16.2 Å². The van der Waals surface area contributed by atoms with Crippen molar-refractivity contribution in [2.45, 2.75) is 19.5 Å². The number of hydrogen-bond donors (Lipinski definition) is 3. The third kappa shape index (κ3) is 5.74. The van der Waals surface area contributed by atoms with E-state index >= 15 is 0 Å². The van der Waals surface area contributed by atoms with E-state index in [0.717, 1.165) is 23.0 Å². The molecule has 0 bridgehead atoms. The maximum Gasteiger partial charge on any atom is 0.335 e. The highest BCUT2D eigenvalue weighted by Gasteiger charge is 2.03. The second kappa shape index (κ2) is 8.33. The SMILES string of the molecule is O=C(NCCCn1cc(Br)cn1)NCc1ccc(C(=O)O)cc1. The first-order valence-electron chi connectivity index (χ1n) is 7.06. The van der Waals surface area contributed by atoms with Gasteiger partial charge < -0.3 is 15.7 Å². The van der Waals surface area contributed by atoms with E-state index in [1.54, 1.807) is 23.0 Å². The molecule has 0 aliphatic heterocycles. The molecule has 0 aliphatic rings. The number of rotatable bonds is 7. The summed E-state index contributed by atoms with van der Waals surface area (Å²) in [6, 6.07) is 6.13. The van der Waals surface area contributed by atoms with Crippen molar-refractivity contribution in [3.63, 3.8) is 0 Å². The van der Waals surface area contributed by atoms with E-state index in [0.29, 0.717) is 13.1 Å². The molecule has 0 radical (unpaired) electrons. The van der Waals surface area contributed by atoms with Crippen LogP contribution in [0.15, 0.2) is 41.1 Å². The van der Waals surface area contributed by atoms with Crippen LogP contribution in [-0.4, -0.2) is 33.4 Å². The van der Waals surface area contributed by atoms with E-state index < -0.39 is 5.97 Å². The smallest absolute Gasteiger partial charge is 0.335 e. The Morgan fingerprint density at radius 3 is 2.57 bits per heavy atom. The summed E-state index contributed by atoms with van der Waals surface area (Å²) in [6.07, 6.45) is 4.37. The minimum absolute atomic E-state index is 0.225. The standard InChI is InChI=1S/C15H17BrN4O3/c16-13-9-19-20(10-13)7-1-6-17-15(23)18-8-11-2-4-12(5-3-11)14(21)22/h2-5,9-10H,1,6-8H2,(H,21,22)(H2,17,18,23). The van der Waals surface area contributed by atoms with Gasteiger partial charge in [0.2, 0.25) is 0 Å². The van der Waals surface area contributed by atoms with Gasteiger partial charge in [-0.1, -0.05) is 12.1 Å². The Morgan fingerprint density at radius 1 is 1.22 bits per heavy atom. The van der Waals surface area contributed by atoms with Crippen LogP contribution in [0.3, 0.4) is 0 Å². The zero-order valence-corrected chi connectivity index (χ0v) is 13.9. The molecule has 1 aromatic heterocycles. The van der Waals surface area contributed by atoms with Gasteiger partial charge in [0.1, 0.15) is 0 Å². The Kier molecular flexibility index (Phi) is 6.16. The lowest BCUT2D eigenvalue weighted by molar-refractivity contribution is 0.0697. The number of carboxylic acid groups (broad SMARTS) is 1. The number of aromatic carboxylic acids is 1. The fourth-order valence-corrected chi connectivity index (χ4v) is 2.24. The van der Waals surface area contributed by atoms with Gasteiger partial charge in [0.25, 0.3) is 0 Å². The molecule has 0 unspecified atom stereocenters.